The molecule has 0 spiro atoms. The van der Waals surface area contributed by atoms with Gasteiger partial charge in [-0.3, -0.25) is 4.79 Å². The molecule has 17 heavy (non-hydrogen) atoms. The van der Waals surface area contributed by atoms with Gasteiger partial charge in [-0.05, 0) is 36.3 Å². The SMILES string of the molecule is O=C(C=Cc1cccs1)N1CC(O)(C2CC2)C1. The number of carbonyl (C=O) groups is 1. The van der Waals surface area contributed by atoms with E-state index >= 15 is 0 Å². The van der Waals surface area contributed by atoms with Gasteiger partial charge in [-0.25, -0.2) is 0 Å². The summed E-state index contributed by atoms with van der Waals surface area (Å²) in [6.07, 6.45) is 5.66. The van der Waals surface area contributed by atoms with Crippen LogP contribution in [0.1, 0.15) is 17.7 Å². The number of hydrogen-bond donors (Lipinski definition) is 1. The van der Waals surface area contributed by atoms with Crippen molar-refractivity contribution in [3.05, 3.63) is 28.5 Å². The third kappa shape index (κ3) is 2.15. The van der Waals surface area contributed by atoms with Gasteiger partial charge in [-0.1, -0.05) is 6.07 Å². The second kappa shape index (κ2) is 3.96. The van der Waals surface area contributed by atoms with Gasteiger partial charge in [0.05, 0.1) is 13.1 Å². The van der Waals surface area contributed by atoms with Crippen molar-refractivity contribution < 1.29 is 9.90 Å². The number of aliphatic hydroxyl groups is 1. The molecule has 0 bridgehead atoms. The molecule has 2 heterocycles. The van der Waals surface area contributed by atoms with Crippen LogP contribution in [0.4, 0.5) is 0 Å². The highest BCUT2D eigenvalue weighted by molar-refractivity contribution is 7.10. The fourth-order valence-corrected chi connectivity index (χ4v) is 2.91. The molecular formula is C13H15NO2S. The zero-order chi connectivity index (χ0) is 11.9. The Labute approximate surface area is 104 Å². The van der Waals surface area contributed by atoms with Crippen LogP contribution in [0, 0.1) is 5.92 Å². The first-order chi connectivity index (χ1) is 8.17. The molecule has 0 atom stereocenters. The van der Waals surface area contributed by atoms with Crippen LogP contribution in [-0.4, -0.2) is 34.6 Å². The summed E-state index contributed by atoms with van der Waals surface area (Å²) in [6, 6.07) is 3.94. The monoisotopic (exact) mass is 249 g/mol. The Morgan fingerprint density at radius 2 is 2.29 bits per heavy atom. The molecule has 1 N–H and O–H groups in total. The van der Waals surface area contributed by atoms with Crippen molar-refractivity contribution in [3.8, 4) is 0 Å². The van der Waals surface area contributed by atoms with Gasteiger partial charge in [0.1, 0.15) is 5.60 Å². The average Bonchev–Trinajstić information content (AvgIpc) is 3.00. The van der Waals surface area contributed by atoms with Gasteiger partial charge in [0.15, 0.2) is 0 Å². The van der Waals surface area contributed by atoms with E-state index < -0.39 is 5.60 Å². The van der Waals surface area contributed by atoms with Crippen LogP contribution in [0.3, 0.4) is 0 Å². The third-order valence-corrected chi connectivity index (χ3v) is 4.35. The molecule has 0 aromatic carbocycles. The number of β-amino-alcohol motifs (C(OH)–C–C–N with tert-alkyl or cyclic N) is 1. The van der Waals surface area contributed by atoms with Gasteiger partial charge in [0, 0.05) is 11.0 Å². The van der Waals surface area contributed by atoms with Crippen molar-refractivity contribution in [1.29, 1.82) is 0 Å². The van der Waals surface area contributed by atoms with E-state index in [0.717, 1.165) is 17.7 Å². The van der Waals surface area contributed by atoms with Crippen LogP contribution in [0.25, 0.3) is 6.08 Å². The zero-order valence-electron chi connectivity index (χ0n) is 9.50. The molecule has 4 heteroatoms. The summed E-state index contributed by atoms with van der Waals surface area (Å²) in [7, 11) is 0. The molecule has 1 aliphatic carbocycles. The van der Waals surface area contributed by atoms with Gasteiger partial charge in [0.2, 0.25) is 5.91 Å². The molecule has 1 aromatic heterocycles. The molecule has 1 saturated heterocycles. The van der Waals surface area contributed by atoms with Crippen molar-refractivity contribution in [2.75, 3.05) is 13.1 Å². The predicted octanol–water partition coefficient (Wildman–Crippen LogP) is 1.74. The Morgan fingerprint density at radius 1 is 1.53 bits per heavy atom. The molecule has 2 fully saturated rings. The summed E-state index contributed by atoms with van der Waals surface area (Å²) >= 11 is 1.61. The second-order valence-electron chi connectivity index (χ2n) is 4.92. The minimum atomic E-state index is -0.577. The molecule has 90 valence electrons. The lowest BCUT2D eigenvalue weighted by Crippen LogP contribution is -2.64. The Balaban J connectivity index is 1.55. The Bertz CT molecular complexity index is 442. The third-order valence-electron chi connectivity index (χ3n) is 3.51. The summed E-state index contributed by atoms with van der Waals surface area (Å²) in [5.41, 5.74) is -0.577. The molecule has 2 aliphatic rings. The molecule has 0 unspecified atom stereocenters. The largest absolute Gasteiger partial charge is 0.386 e. The Morgan fingerprint density at radius 3 is 2.88 bits per heavy atom. The number of likely N-dealkylation sites (tertiary alicyclic amines) is 1. The fourth-order valence-electron chi connectivity index (χ4n) is 2.29. The van der Waals surface area contributed by atoms with Crippen molar-refractivity contribution in [3.63, 3.8) is 0 Å². The predicted molar refractivity (Wildman–Crippen MR) is 67.6 cm³/mol. The Kier molecular flexibility index (Phi) is 2.56. The minimum Gasteiger partial charge on any atom is -0.386 e. The smallest absolute Gasteiger partial charge is 0.246 e. The van der Waals surface area contributed by atoms with E-state index in [2.05, 4.69) is 0 Å². The van der Waals surface area contributed by atoms with Gasteiger partial charge >= 0.3 is 0 Å². The van der Waals surface area contributed by atoms with E-state index in [1.165, 1.54) is 0 Å². The van der Waals surface area contributed by atoms with E-state index in [9.17, 15) is 9.90 Å². The van der Waals surface area contributed by atoms with Crippen molar-refractivity contribution >= 4 is 23.3 Å². The van der Waals surface area contributed by atoms with Crippen LogP contribution in [0.2, 0.25) is 0 Å². The first-order valence-corrected chi connectivity index (χ1v) is 6.78. The highest BCUT2D eigenvalue weighted by atomic mass is 32.1. The summed E-state index contributed by atoms with van der Waals surface area (Å²) in [6.45, 7) is 1.01. The highest BCUT2D eigenvalue weighted by Crippen LogP contribution is 2.44. The first kappa shape index (κ1) is 11.0. The van der Waals surface area contributed by atoms with Crippen LogP contribution in [0.15, 0.2) is 23.6 Å². The van der Waals surface area contributed by atoms with Crippen molar-refractivity contribution in [1.82, 2.24) is 4.90 Å². The van der Waals surface area contributed by atoms with Gasteiger partial charge in [-0.2, -0.15) is 0 Å². The highest BCUT2D eigenvalue weighted by Gasteiger charge is 2.52. The van der Waals surface area contributed by atoms with E-state index in [1.807, 2.05) is 23.6 Å². The average molecular weight is 249 g/mol. The van der Waals surface area contributed by atoms with Crippen LogP contribution >= 0.6 is 11.3 Å². The number of thiophene rings is 1. The lowest BCUT2D eigenvalue weighted by atomic mass is 9.88. The molecule has 1 saturated carbocycles. The van der Waals surface area contributed by atoms with E-state index in [4.69, 9.17) is 0 Å². The van der Waals surface area contributed by atoms with Gasteiger partial charge in [0.25, 0.3) is 0 Å². The summed E-state index contributed by atoms with van der Waals surface area (Å²) in [5.74, 6) is 0.441. The lowest BCUT2D eigenvalue weighted by Gasteiger charge is -2.46. The fraction of sp³-hybridized carbons (Fsp3) is 0.462. The lowest BCUT2D eigenvalue weighted by molar-refractivity contribution is -0.154. The zero-order valence-corrected chi connectivity index (χ0v) is 10.3. The van der Waals surface area contributed by atoms with Crippen LogP contribution in [0.5, 0.6) is 0 Å². The van der Waals surface area contributed by atoms with Crippen molar-refractivity contribution in [2.24, 2.45) is 5.92 Å². The maximum atomic E-state index is 11.8. The summed E-state index contributed by atoms with van der Waals surface area (Å²) < 4.78 is 0. The molecule has 3 nitrogen and oxygen atoms in total. The van der Waals surface area contributed by atoms with E-state index in [0.29, 0.717) is 19.0 Å². The molecular weight excluding hydrogens is 234 g/mol. The molecule has 3 rings (SSSR count). The summed E-state index contributed by atoms with van der Waals surface area (Å²) in [4.78, 5) is 14.6. The van der Waals surface area contributed by atoms with Gasteiger partial charge < -0.3 is 10.0 Å². The minimum absolute atomic E-state index is 0.00345. The topological polar surface area (TPSA) is 40.5 Å². The summed E-state index contributed by atoms with van der Waals surface area (Å²) in [5, 5.41) is 12.1. The maximum Gasteiger partial charge on any atom is 0.246 e. The first-order valence-electron chi connectivity index (χ1n) is 5.90. The quantitative estimate of drug-likeness (QED) is 0.829. The number of hydrogen-bond acceptors (Lipinski definition) is 3. The second-order valence-corrected chi connectivity index (χ2v) is 5.90. The number of carbonyl (C=O) groups excluding carboxylic acids is 1. The number of rotatable bonds is 3. The normalized spacial score (nSPS) is 22.8. The molecule has 1 aliphatic heterocycles. The number of amides is 1. The molecule has 0 radical (unpaired) electrons. The van der Waals surface area contributed by atoms with Crippen LogP contribution < -0.4 is 0 Å². The van der Waals surface area contributed by atoms with E-state index in [1.54, 1.807) is 22.3 Å². The maximum absolute atomic E-state index is 11.8. The molecule has 1 amide bonds. The molecule has 1 aromatic rings. The Hall–Kier alpha value is -1.13. The van der Waals surface area contributed by atoms with Crippen molar-refractivity contribution in [2.45, 2.75) is 18.4 Å². The van der Waals surface area contributed by atoms with Gasteiger partial charge in [-0.15, -0.1) is 11.3 Å². The van der Waals surface area contributed by atoms with E-state index in [-0.39, 0.29) is 5.91 Å². The standard InChI is InChI=1S/C13H15NO2S/c15-12(6-5-11-2-1-7-17-11)14-8-13(16,9-14)10-3-4-10/h1-2,5-7,10,16H,3-4,8-9H2. The van der Waals surface area contributed by atoms with Crippen LogP contribution in [-0.2, 0) is 4.79 Å². The number of nitrogens with zero attached hydrogens (tertiary/aromatic N) is 1.